The smallest absolute Gasteiger partial charge is 0.417 e. The minimum Gasteiger partial charge on any atom is -0.464 e. The first-order valence-electron chi connectivity index (χ1n) is 8.70. The van der Waals surface area contributed by atoms with Crippen molar-refractivity contribution >= 4 is 34.9 Å². The Balaban J connectivity index is 1.69. The van der Waals surface area contributed by atoms with Gasteiger partial charge in [-0.25, -0.2) is 19.3 Å². The van der Waals surface area contributed by atoms with Gasteiger partial charge in [-0.3, -0.25) is 0 Å². The van der Waals surface area contributed by atoms with E-state index >= 15 is 0 Å². The van der Waals surface area contributed by atoms with Gasteiger partial charge in [0.1, 0.15) is 11.8 Å². The van der Waals surface area contributed by atoms with Gasteiger partial charge in [-0.15, -0.1) is 0 Å². The van der Waals surface area contributed by atoms with Gasteiger partial charge in [0.05, 0.1) is 17.3 Å². The molecule has 0 fully saturated rings. The Morgan fingerprint density at radius 3 is 2.48 bits per heavy atom. The molecule has 0 spiro atoms. The van der Waals surface area contributed by atoms with E-state index in [1.54, 1.807) is 6.07 Å². The molecule has 0 aliphatic heterocycles. The summed E-state index contributed by atoms with van der Waals surface area (Å²) in [5.74, 6) is 0.340. The van der Waals surface area contributed by atoms with Crippen LogP contribution in [0.15, 0.2) is 71.9 Å². The maximum absolute atomic E-state index is 11.9. The van der Waals surface area contributed by atoms with Crippen LogP contribution in [0.25, 0.3) is 22.4 Å². The van der Waals surface area contributed by atoms with E-state index in [9.17, 15) is 9.90 Å². The normalized spacial score (nSPS) is 11.2. The van der Waals surface area contributed by atoms with Gasteiger partial charge in [-0.2, -0.15) is 0 Å². The number of fused-ring (bicyclic) bond motifs is 1. The summed E-state index contributed by atoms with van der Waals surface area (Å²) < 4.78 is 1.00. The molecule has 1 N–H and O–H groups in total. The topological polar surface area (TPSA) is 89.6 Å². The summed E-state index contributed by atoms with van der Waals surface area (Å²) >= 11 is 6.31. The molecule has 4 rings (SSSR count). The number of rotatable bonds is 5. The Morgan fingerprint density at radius 1 is 1.10 bits per heavy atom. The second-order valence-corrected chi connectivity index (χ2v) is 6.48. The van der Waals surface area contributed by atoms with E-state index in [0.717, 1.165) is 15.7 Å². The number of halogens is 1. The van der Waals surface area contributed by atoms with Crippen molar-refractivity contribution in [3.63, 3.8) is 0 Å². The fourth-order valence-corrected chi connectivity index (χ4v) is 3.07. The van der Waals surface area contributed by atoms with Crippen LogP contribution in [0.5, 0.6) is 0 Å². The van der Waals surface area contributed by atoms with E-state index in [2.05, 4.69) is 15.1 Å². The van der Waals surface area contributed by atoms with E-state index in [1.807, 2.05) is 60.7 Å². The van der Waals surface area contributed by atoms with E-state index in [-0.39, 0.29) is 23.1 Å². The van der Waals surface area contributed by atoms with E-state index in [4.69, 9.17) is 16.4 Å². The van der Waals surface area contributed by atoms with Gasteiger partial charge in [0.15, 0.2) is 11.5 Å². The molecule has 2 aromatic carbocycles. The molecule has 0 aliphatic rings. The van der Waals surface area contributed by atoms with Crippen molar-refractivity contribution in [2.75, 3.05) is 0 Å². The zero-order valence-electron chi connectivity index (χ0n) is 15.1. The summed E-state index contributed by atoms with van der Waals surface area (Å²) in [6, 6.07) is 20.3. The minimum atomic E-state index is -1.21. The maximum Gasteiger partial charge on any atom is 0.417 e. The molecule has 7 nitrogen and oxygen atoms in total. The van der Waals surface area contributed by atoms with Gasteiger partial charge in [0, 0.05) is 5.56 Å². The third kappa shape index (κ3) is 3.95. The number of carboxylic acid groups (broad SMARTS) is 1. The van der Waals surface area contributed by atoms with Gasteiger partial charge in [0.2, 0.25) is 0 Å². The Morgan fingerprint density at radius 2 is 1.79 bits per heavy atom. The molecule has 8 heteroatoms. The zero-order valence-corrected chi connectivity index (χ0v) is 15.8. The number of hydrogen-bond donors (Lipinski definition) is 1. The van der Waals surface area contributed by atoms with Crippen molar-refractivity contribution in [2.24, 2.45) is 5.16 Å². The summed E-state index contributed by atoms with van der Waals surface area (Å²) in [4.78, 5) is 25.8. The van der Waals surface area contributed by atoms with Crippen molar-refractivity contribution in [3.05, 3.63) is 83.1 Å². The molecule has 0 unspecified atom stereocenters. The number of aromatic nitrogens is 3. The average molecular weight is 407 g/mol. The first-order valence-corrected chi connectivity index (χ1v) is 9.08. The van der Waals surface area contributed by atoms with Crippen LogP contribution in [0, 0.1) is 0 Å². The fraction of sp³-hybridized carbons (Fsp3) is 0.0476. The van der Waals surface area contributed by atoms with Crippen molar-refractivity contribution < 1.29 is 14.7 Å². The molecule has 29 heavy (non-hydrogen) atoms. The second kappa shape index (κ2) is 8.12. The molecular weight excluding hydrogens is 392 g/mol. The van der Waals surface area contributed by atoms with E-state index in [1.165, 1.54) is 6.21 Å². The van der Waals surface area contributed by atoms with Crippen molar-refractivity contribution in [2.45, 2.75) is 6.61 Å². The van der Waals surface area contributed by atoms with Gasteiger partial charge in [-0.05, 0) is 11.6 Å². The van der Waals surface area contributed by atoms with Crippen molar-refractivity contribution in [1.82, 2.24) is 14.5 Å². The molecule has 2 aromatic heterocycles. The monoisotopic (exact) mass is 406 g/mol. The summed E-state index contributed by atoms with van der Waals surface area (Å²) in [5, 5.41) is 14.2. The van der Waals surface area contributed by atoms with Crippen LogP contribution in [-0.2, 0) is 11.4 Å². The molecule has 0 aliphatic carbocycles. The minimum absolute atomic E-state index is 0.161. The molecule has 0 radical (unpaired) electrons. The lowest BCUT2D eigenvalue weighted by Gasteiger charge is -2.04. The second-order valence-electron chi connectivity index (χ2n) is 6.12. The Bertz CT molecular complexity index is 1190. The third-order valence-electron chi connectivity index (χ3n) is 4.20. The van der Waals surface area contributed by atoms with Crippen LogP contribution >= 0.6 is 11.6 Å². The third-order valence-corrected chi connectivity index (χ3v) is 4.49. The fourth-order valence-electron chi connectivity index (χ4n) is 2.85. The van der Waals surface area contributed by atoms with E-state index < -0.39 is 6.09 Å². The quantitative estimate of drug-likeness (QED) is 0.291. The van der Waals surface area contributed by atoms with Crippen LogP contribution < -0.4 is 0 Å². The molecule has 2 heterocycles. The highest BCUT2D eigenvalue weighted by molar-refractivity contribution is 6.34. The van der Waals surface area contributed by atoms with Crippen LogP contribution in [0.4, 0.5) is 4.79 Å². The van der Waals surface area contributed by atoms with Crippen molar-refractivity contribution in [1.29, 1.82) is 0 Å². The standard InChI is InChI=1S/C21H15ClN4O3/c22-18-17-11-16(12-23-29-13-14-7-3-1-4-8-14)26(21(27)28)20(17)25-19(24-18)15-9-5-2-6-10-15/h1-12H,13H2,(H,27,28). The number of oxime groups is 1. The Hall–Kier alpha value is -3.71. The Labute approximate surface area is 170 Å². The van der Waals surface area contributed by atoms with Crippen LogP contribution in [-0.4, -0.2) is 31.9 Å². The summed E-state index contributed by atoms with van der Waals surface area (Å²) in [7, 11) is 0. The van der Waals surface area contributed by atoms with Crippen LogP contribution in [0.1, 0.15) is 11.3 Å². The number of carbonyl (C=O) groups is 1. The van der Waals surface area contributed by atoms with Gasteiger partial charge in [-0.1, -0.05) is 77.4 Å². The summed E-state index contributed by atoms with van der Waals surface area (Å²) in [6.07, 6.45) is 0.107. The number of benzene rings is 2. The first-order chi connectivity index (χ1) is 14.1. The molecule has 0 bridgehead atoms. The molecule has 0 amide bonds. The lowest BCUT2D eigenvalue weighted by molar-refractivity contribution is 0.132. The molecule has 0 saturated heterocycles. The van der Waals surface area contributed by atoms with Gasteiger partial charge >= 0.3 is 6.09 Å². The molecule has 4 aromatic rings. The predicted molar refractivity (Wildman–Crippen MR) is 110 cm³/mol. The van der Waals surface area contributed by atoms with E-state index in [0.29, 0.717) is 11.2 Å². The lowest BCUT2D eigenvalue weighted by atomic mass is 10.2. The number of hydrogen-bond acceptors (Lipinski definition) is 5. The average Bonchev–Trinajstić information content (AvgIpc) is 3.12. The lowest BCUT2D eigenvalue weighted by Crippen LogP contribution is -2.12. The summed E-state index contributed by atoms with van der Waals surface area (Å²) in [5.41, 5.74) is 2.13. The van der Waals surface area contributed by atoms with Gasteiger partial charge < -0.3 is 9.94 Å². The predicted octanol–water partition coefficient (Wildman–Crippen LogP) is 4.83. The first kappa shape index (κ1) is 18.6. The Kier molecular flexibility index (Phi) is 5.22. The molecule has 0 atom stereocenters. The molecule has 0 saturated carbocycles. The largest absolute Gasteiger partial charge is 0.464 e. The zero-order chi connectivity index (χ0) is 20.2. The highest BCUT2D eigenvalue weighted by Gasteiger charge is 2.19. The maximum atomic E-state index is 11.9. The van der Waals surface area contributed by atoms with Crippen molar-refractivity contribution in [3.8, 4) is 11.4 Å². The van der Waals surface area contributed by atoms with Crippen LogP contribution in [0.2, 0.25) is 5.15 Å². The highest BCUT2D eigenvalue weighted by Crippen LogP contribution is 2.27. The summed E-state index contributed by atoms with van der Waals surface area (Å²) in [6.45, 7) is 0.267. The SMILES string of the molecule is O=C(O)n1c(C=NOCc2ccccc2)cc2c(Cl)nc(-c3ccccc3)nc21. The van der Waals surface area contributed by atoms with Gasteiger partial charge in [0.25, 0.3) is 0 Å². The van der Waals surface area contributed by atoms with Crippen LogP contribution in [0.3, 0.4) is 0 Å². The molecular formula is C21H15ClN4O3. The number of nitrogens with zero attached hydrogens (tertiary/aromatic N) is 4. The highest BCUT2D eigenvalue weighted by atomic mass is 35.5. The molecule has 144 valence electrons.